The van der Waals surface area contributed by atoms with E-state index in [-0.39, 0.29) is 29.5 Å². The van der Waals surface area contributed by atoms with E-state index in [1.54, 1.807) is 0 Å². The fourth-order valence-corrected chi connectivity index (χ4v) is 3.78. The second-order valence-electron chi connectivity index (χ2n) is 5.15. The highest BCUT2D eigenvalue weighted by atomic mass is 32.2. The average Bonchev–Trinajstić information content (AvgIpc) is 2.42. The van der Waals surface area contributed by atoms with E-state index in [9.17, 15) is 17.9 Å². The molecule has 0 spiro atoms. The molecule has 0 amide bonds. The summed E-state index contributed by atoms with van der Waals surface area (Å²) in [5.74, 6) is -0.437. The largest absolute Gasteiger partial charge is 0.391 e. The van der Waals surface area contributed by atoms with Crippen LogP contribution in [0.4, 0.5) is 4.39 Å². The van der Waals surface area contributed by atoms with Gasteiger partial charge in [-0.3, -0.25) is 0 Å². The maximum absolute atomic E-state index is 13.4. The number of hydrogen-bond acceptors (Lipinski definition) is 4. The first-order chi connectivity index (χ1) is 9.36. The Morgan fingerprint density at radius 3 is 2.80 bits per heavy atom. The maximum atomic E-state index is 13.4. The third-order valence-electron chi connectivity index (χ3n) is 3.76. The van der Waals surface area contributed by atoms with Gasteiger partial charge in [-0.2, -0.15) is 4.31 Å². The Kier molecular flexibility index (Phi) is 4.43. The summed E-state index contributed by atoms with van der Waals surface area (Å²) in [6.45, 7) is 2.25. The topological polar surface area (TPSA) is 83.6 Å². The molecule has 1 aromatic rings. The highest BCUT2D eigenvalue weighted by Crippen LogP contribution is 2.25. The Labute approximate surface area is 118 Å². The maximum Gasteiger partial charge on any atom is 0.243 e. The molecule has 0 saturated carbocycles. The van der Waals surface area contributed by atoms with Gasteiger partial charge in [0.2, 0.25) is 10.0 Å². The van der Waals surface area contributed by atoms with E-state index in [2.05, 4.69) is 0 Å². The number of hydrogen-bond donors (Lipinski definition) is 2. The molecular weight excluding hydrogens is 283 g/mol. The molecule has 0 aromatic heterocycles. The number of nitrogens with zero attached hydrogens (tertiary/aromatic N) is 1. The lowest BCUT2D eigenvalue weighted by molar-refractivity contribution is 0.0605. The molecule has 2 unspecified atom stereocenters. The fourth-order valence-electron chi connectivity index (χ4n) is 2.26. The summed E-state index contributed by atoms with van der Waals surface area (Å²) in [6, 6.07) is 3.60. The van der Waals surface area contributed by atoms with Crippen molar-refractivity contribution in [3.05, 3.63) is 29.6 Å². The van der Waals surface area contributed by atoms with Crippen LogP contribution < -0.4 is 5.73 Å². The smallest absolute Gasteiger partial charge is 0.243 e. The number of nitrogens with two attached hydrogens (primary N) is 1. The second kappa shape index (κ2) is 5.77. The minimum atomic E-state index is -3.72. The number of rotatable bonds is 3. The average molecular weight is 302 g/mol. The van der Waals surface area contributed by atoms with Gasteiger partial charge in [0.25, 0.3) is 0 Å². The van der Waals surface area contributed by atoms with Crippen molar-refractivity contribution < 1.29 is 17.9 Å². The first kappa shape index (κ1) is 15.4. The third-order valence-corrected chi connectivity index (χ3v) is 5.62. The van der Waals surface area contributed by atoms with Crippen molar-refractivity contribution in [2.45, 2.75) is 30.9 Å². The minimum absolute atomic E-state index is 0.0149. The van der Waals surface area contributed by atoms with Crippen molar-refractivity contribution in [1.29, 1.82) is 0 Å². The van der Waals surface area contributed by atoms with E-state index in [0.717, 1.165) is 6.07 Å². The fraction of sp³-hybridized carbons (Fsp3) is 0.538. The van der Waals surface area contributed by atoms with Gasteiger partial charge in [0.15, 0.2) is 0 Å². The first-order valence-corrected chi connectivity index (χ1v) is 7.97. The van der Waals surface area contributed by atoms with E-state index < -0.39 is 21.9 Å². The molecule has 1 aromatic carbocycles. The zero-order chi connectivity index (χ0) is 14.9. The quantitative estimate of drug-likeness (QED) is 0.860. The standard InChI is InChI=1S/C13H19FN2O3S/c1-9-4-5-16(8-13(9)17)20(18,19)11-2-3-12(14)10(6-11)7-15/h2-3,6,9,13,17H,4-5,7-8,15H2,1H3. The Morgan fingerprint density at radius 2 is 2.20 bits per heavy atom. The molecule has 7 heteroatoms. The van der Waals surface area contributed by atoms with Gasteiger partial charge in [-0.15, -0.1) is 0 Å². The number of β-amino-alcohol motifs (C(OH)–C–C–N with tert-alkyl or cyclic N) is 1. The van der Waals surface area contributed by atoms with Crippen LogP contribution in [0.5, 0.6) is 0 Å². The number of piperidine rings is 1. The monoisotopic (exact) mass is 302 g/mol. The number of sulfonamides is 1. The molecule has 1 saturated heterocycles. The zero-order valence-corrected chi connectivity index (χ0v) is 12.1. The van der Waals surface area contributed by atoms with E-state index in [1.807, 2.05) is 6.92 Å². The number of aliphatic hydroxyl groups excluding tert-OH is 1. The van der Waals surface area contributed by atoms with Gasteiger partial charge < -0.3 is 10.8 Å². The summed E-state index contributed by atoms with van der Waals surface area (Å²) >= 11 is 0. The molecule has 112 valence electrons. The molecule has 1 aliphatic rings. The summed E-state index contributed by atoms with van der Waals surface area (Å²) in [4.78, 5) is 0.0149. The summed E-state index contributed by atoms with van der Waals surface area (Å²) in [5.41, 5.74) is 5.56. The van der Waals surface area contributed by atoms with Gasteiger partial charge in [-0.25, -0.2) is 12.8 Å². The van der Waals surface area contributed by atoms with Crippen molar-refractivity contribution >= 4 is 10.0 Å². The van der Waals surface area contributed by atoms with Crippen LogP contribution >= 0.6 is 0 Å². The van der Waals surface area contributed by atoms with Crippen molar-refractivity contribution in [1.82, 2.24) is 4.31 Å². The van der Waals surface area contributed by atoms with Crippen LogP contribution in [0.3, 0.4) is 0 Å². The van der Waals surface area contributed by atoms with Crippen LogP contribution in [0.1, 0.15) is 18.9 Å². The molecule has 2 atom stereocenters. The molecule has 2 rings (SSSR count). The van der Waals surface area contributed by atoms with E-state index in [0.29, 0.717) is 13.0 Å². The molecular formula is C13H19FN2O3S. The molecule has 1 aliphatic heterocycles. The molecule has 1 fully saturated rings. The summed E-state index contributed by atoms with van der Waals surface area (Å²) in [7, 11) is -3.72. The van der Waals surface area contributed by atoms with E-state index >= 15 is 0 Å². The lowest BCUT2D eigenvalue weighted by Gasteiger charge is -2.33. The van der Waals surface area contributed by atoms with E-state index in [1.165, 1.54) is 16.4 Å². The van der Waals surface area contributed by atoms with Crippen molar-refractivity contribution in [3.63, 3.8) is 0 Å². The Morgan fingerprint density at radius 1 is 1.50 bits per heavy atom. The van der Waals surface area contributed by atoms with Gasteiger partial charge in [-0.05, 0) is 30.5 Å². The van der Waals surface area contributed by atoms with Crippen molar-refractivity contribution in [2.24, 2.45) is 11.7 Å². The lowest BCUT2D eigenvalue weighted by Crippen LogP contribution is -2.45. The molecule has 0 bridgehead atoms. The van der Waals surface area contributed by atoms with Crippen LogP contribution in [-0.2, 0) is 16.6 Å². The van der Waals surface area contributed by atoms with Crippen molar-refractivity contribution in [3.8, 4) is 0 Å². The highest BCUT2D eigenvalue weighted by Gasteiger charge is 2.33. The second-order valence-corrected chi connectivity index (χ2v) is 7.09. The van der Waals surface area contributed by atoms with Crippen LogP contribution in [0, 0.1) is 11.7 Å². The summed E-state index contributed by atoms with van der Waals surface area (Å²) in [6.07, 6.45) is -0.0707. The number of aliphatic hydroxyl groups is 1. The van der Waals surface area contributed by atoms with Gasteiger partial charge in [0.05, 0.1) is 11.0 Å². The van der Waals surface area contributed by atoms with Crippen molar-refractivity contribution in [2.75, 3.05) is 13.1 Å². The van der Waals surface area contributed by atoms with E-state index in [4.69, 9.17) is 5.73 Å². The number of halogens is 1. The SMILES string of the molecule is CC1CCN(S(=O)(=O)c2ccc(F)c(CN)c2)CC1O. The molecule has 1 heterocycles. The Balaban J connectivity index is 2.31. The summed E-state index contributed by atoms with van der Waals surface area (Å²) < 4.78 is 39.6. The van der Waals surface area contributed by atoms with Gasteiger partial charge >= 0.3 is 0 Å². The molecule has 20 heavy (non-hydrogen) atoms. The van der Waals surface area contributed by atoms with Gasteiger partial charge in [0.1, 0.15) is 5.82 Å². The molecule has 0 radical (unpaired) electrons. The zero-order valence-electron chi connectivity index (χ0n) is 11.3. The van der Waals surface area contributed by atoms with Crippen LogP contribution in [0.15, 0.2) is 23.1 Å². The first-order valence-electron chi connectivity index (χ1n) is 6.53. The van der Waals surface area contributed by atoms with Gasteiger partial charge in [-0.1, -0.05) is 6.92 Å². The predicted molar refractivity (Wildman–Crippen MR) is 72.8 cm³/mol. The summed E-state index contributed by atoms with van der Waals surface area (Å²) in [5, 5.41) is 9.82. The minimum Gasteiger partial charge on any atom is -0.391 e. The lowest BCUT2D eigenvalue weighted by atomic mass is 9.98. The number of benzene rings is 1. The predicted octanol–water partition coefficient (Wildman–Crippen LogP) is 0.676. The Bertz CT molecular complexity index is 591. The van der Waals surface area contributed by atoms with Gasteiger partial charge in [0, 0.05) is 25.2 Å². The van der Waals surface area contributed by atoms with Crippen LogP contribution in [-0.4, -0.2) is 37.0 Å². The Hall–Kier alpha value is -1.02. The molecule has 0 aliphatic carbocycles. The van der Waals surface area contributed by atoms with Crippen LogP contribution in [0.2, 0.25) is 0 Å². The van der Waals surface area contributed by atoms with Crippen LogP contribution in [0.25, 0.3) is 0 Å². The molecule has 5 nitrogen and oxygen atoms in total. The molecule has 3 N–H and O–H groups in total. The normalized spacial score (nSPS) is 24.8. The highest BCUT2D eigenvalue weighted by molar-refractivity contribution is 7.89. The third kappa shape index (κ3) is 2.85.